The summed E-state index contributed by atoms with van der Waals surface area (Å²) in [7, 11) is 0. The van der Waals surface area contributed by atoms with Crippen LogP contribution in [0.4, 0.5) is 0 Å². The van der Waals surface area contributed by atoms with Crippen LogP contribution < -0.4 is 5.32 Å². The Morgan fingerprint density at radius 3 is 2.54 bits per heavy atom. The van der Waals surface area contributed by atoms with Crippen molar-refractivity contribution < 1.29 is 9.21 Å². The maximum absolute atomic E-state index is 12.6. The molecular weight excluding hydrogens is 368 g/mol. The first-order valence-corrected chi connectivity index (χ1v) is 10.2. The van der Waals surface area contributed by atoms with Crippen molar-refractivity contribution in [3.05, 3.63) is 75.3 Å². The number of carbonyl (C=O) groups is 1. The molecule has 0 aliphatic rings. The van der Waals surface area contributed by atoms with E-state index in [-0.39, 0.29) is 5.91 Å². The van der Waals surface area contributed by atoms with Crippen LogP contribution in [0.5, 0.6) is 0 Å². The minimum atomic E-state index is -0.189. The molecule has 0 saturated heterocycles. The lowest BCUT2D eigenvalue weighted by molar-refractivity contribution is 0.0924. The number of furan rings is 1. The summed E-state index contributed by atoms with van der Waals surface area (Å²) in [4.78, 5) is 17.1. The van der Waals surface area contributed by atoms with E-state index in [9.17, 15) is 4.79 Å². The van der Waals surface area contributed by atoms with Gasteiger partial charge in [0.1, 0.15) is 5.58 Å². The second kappa shape index (κ2) is 7.60. The Bertz CT molecular complexity index is 1140. The molecule has 1 amide bonds. The van der Waals surface area contributed by atoms with Crippen LogP contribution in [0.1, 0.15) is 39.2 Å². The van der Waals surface area contributed by atoms with Crippen molar-refractivity contribution in [2.24, 2.45) is 0 Å². The van der Waals surface area contributed by atoms with E-state index in [1.54, 1.807) is 11.3 Å². The first-order chi connectivity index (χ1) is 13.5. The first kappa shape index (κ1) is 18.4. The van der Waals surface area contributed by atoms with Gasteiger partial charge in [0.25, 0.3) is 5.91 Å². The Labute approximate surface area is 168 Å². The fourth-order valence-electron chi connectivity index (χ4n) is 3.26. The number of aryl methyl sites for hydroxylation is 3. The van der Waals surface area contributed by atoms with Crippen molar-refractivity contribution in [2.45, 2.75) is 33.7 Å². The second-order valence-corrected chi connectivity index (χ2v) is 7.93. The Kier molecular flexibility index (Phi) is 5.01. The minimum Gasteiger partial charge on any atom is -0.451 e. The summed E-state index contributed by atoms with van der Waals surface area (Å²) >= 11 is 1.64. The van der Waals surface area contributed by atoms with Crippen LogP contribution in [-0.4, -0.2) is 10.9 Å². The quantitative estimate of drug-likeness (QED) is 0.478. The lowest BCUT2D eigenvalue weighted by Crippen LogP contribution is -2.22. The van der Waals surface area contributed by atoms with E-state index < -0.39 is 0 Å². The van der Waals surface area contributed by atoms with Gasteiger partial charge in [-0.05, 0) is 43.5 Å². The zero-order valence-corrected chi connectivity index (χ0v) is 17.0. The van der Waals surface area contributed by atoms with Gasteiger partial charge in [0.2, 0.25) is 0 Å². The monoisotopic (exact) mass is 390 g/mol. The zero-order valence-electron chi connectivity index (χ0n) is 16.2. The third kappa shape index (κ3) is 3.58. The average molecular weight is 391 g/mol. The molecule has 0 unspecified atom stereocenters. The molecule has 0 radical (unpaired) electrons. The summed E-state index contributed by atoms with van der Waals surface area (Å²) < 4.78 is 5.81. The molecule has 0 fully saturated rings. The molecule has 0 atom stereocenters. The van der Waals surface area contributed by atoms with Gasteiger partial charge in [-0.1, -0.05) is 37.3 Å². The molecule has 2 heterocycles. The van der Waals surface area contributed by atoms with Crippen LogP contribution in [0.2, 0.25) is 0 Å². The Morgan fingerprint density at radius 1 is 1.11 bits per heavy atom. The van der Waals surface area contributed by atoms with Gasteiger partial charge < -0.3 is 9.73 Å². The standard InChI is InChI=1S/C23H22N2O2S/c1-4-16-7-10-21-19(11-16)14(2)22(27-21)23(26)24-12-17-5-8-18(9-6-17)20-13-28-15(3)25-20/h5-11,13H,4,12H2,1-3H3,(H,24,26). The molecule has 0 bridgehead atoms. The third-order valence-electron chi connectivity index (χ3n) is 4.94. The predicted molar refractivity (Wildman–Crippen MR) is 114 cm³/mol. The van der Waals surface area contributed by atoms with E-state index >= 15 is 0 Å². The molecule has 142 valence electrons. The van der Waals surface area contributed by atoms with Gasteiger partial charge in [-0.15, -0.1) is 11.3 Å². The summed E-state index contributed by atoms with van der Waals surface area (Å²) in [6.07, 6.45) is 0.957. The summed E-state index contributed by atoms with van der Waals surface area (Å²) in [5, 5.41) is 7.08. The maximum atomic E-state index is 12.6. The van der Waals surface area contributed by atoms with Crippen LogP contribution in [0.3, 0.4) is 0 Å². The largest absolute Gasteiger partial charge is 0.451 e. The number of thiazole rings is 1. The minimum absolute atomic E-state index is 0.189. The normalized spacial score (nSPS) is 11.1. The summed E-state index contributed by atoms with van der Waals surface area (Å²) in [6.45, 7) is 6.50. The van der Waals surface area contributed by atoms with Crippen molar-refractivity contribution in [3.63, 3.8) is 0 Å². The highest BCUT2D eigenvalue weighted by molar-refractivity contribution is 7.09. The predicted octanol–water partition coefficient (Wildman–Crippen LogP) is 5.67. The van der Waals surface area contributed by atoms with Gasteiger partial charge in [0.05, 0.1) is 10.7 Å². The van der Waals surface area contributed by atoms with Gasteiger partial charge in [0, 0.05) is 28.4 Å². The fraction of sp³-hybridized carbons (Fsp3) is 0.217. The molecule has 5 heteroatoms. The highest BCUT2D eigenvalue weighted by atomic mass is 32.1. The molecule has 2 aromatic carbocycles. The van der Waals surface area contributed by atoms with Crippen molar-refractivity contribution in [1.29, 1.82) is 0 Å². The van der Waals surface area contributed by atoms with E-state index in [1.807, 2.05) is 50.2 Å². The number of hydrogen-bond acceptors (Lipinski definition) is 4. The molecular formula is C23H22N2O2S. The van der Waals surface area contributed by atoms with Crippen LogP contribution in [-0.2, 0) is 13.0 Å². The molecule has 4 rings (SSSR count). The van der Waals surface area contributed by atoms with E-state index in [0.717, 1.165) is 44.8 Å². The molecule has 0 aliphatic carbocycles. The van der Waals surface area contributed by atoms with Gasteiger partial charge in [-0.2, -0.15) is 0 Å². The van der Waals surface area contributed by atoms with E-state index in [1.165, 1.54) is 5.56 Å². The van der Waals surface area contributed by atoms with Crippen molar-refractivity contribution in [2.75, 3.05) is 0 Å². The third-order valence-corrected chi connectivity index (χ3v) is 5.71. The summed E-state index contributed by atoms with van der Waals surface area (Å²) in [6, 6.07) is 14.2. The van der Waals surface area contributed by atoms with Crippen LogP contribution in [0, 0.1) is 13.8 Å². The molecule has 28 heavy (non-hydrogen) atoms. The maximum Gasteiger partial charge on any atom is 0.287 e. The number of aromatic nitrogens is 1. The topological polar surface area (TPSA) is 55.1 Å². The van der Waals surface area contributed by atoms with Crippen molar-refractivity contribution in [3.8, 4) is 11.3 Å². The molecule has 0 spiro atoms. The number of nitrogens with one attached hydrogen (secondary N) is 1. The highest BCUT2D eigenvalue weighted by Gasteiger charge is 2.17. The number of fused-ring (bicyclic) bond motifs is 1. The molecule has 0 saturated carbocycles. The summed E-state index contributed by atoms with van der Waals surface area (Å²) in [5.74, 6) is 0.198. The number of nitrogens with zero attached hydrogens (tertiary/aromatic N) is 1. The number of carbonyl (C=O) groups excluding carboxylic acids is 1. The lowest BCUT2D eigenvalue weighted by atomic mass is 10.1. The Hall–Kier alpha value is -2.92. The second-order valence-electron chi connectivity index (χ2n) is 6.87. The highest BCUT2D eigenvalue weighted by Crippen LogP contribution is 2.27. The van der Waals surface area contributed by atoms with E-state index in [4.69, 9.17) is 4.42 Å². The molecule has 1 N–H and O–H groups in total. The SMILES string of the molecule is CCc1ccc2oc(C(=O)NCc3ccc(-c4csc(C)n4)cc3)c(C)c2c1. The number of benzene rings is 2. The Morgan fingerprint density at radius 2 is 1.86 bits per heavy atom. The average Bonchev–Trinajstić information content (AvgIpc) is 3.30. The smallest absolute Gasteiger partial charge is 0.287 e. The van der Waals surface area contributed by atoms with Crippen LogP contribution in [0.25, 0.3) is 22.2 Å². The van der Waals surface area contributed by atoms with Gasteiger partial charge >= 0.3 is 0 Å². The summed E-state index contributed by atoms with van der Waals surface area (Å²) in [5.41, 5.74) is 5.98. The van der Waals surface area contributed by atoms with Gasteiger partial charge in [0.15, 0.2) is 5.76 Å². The fourth-order valence-corrected chi connectivity index (χ4v) is 3.88. The molecule has 4 aromatic rings. The zero-order chi connectivity index (χ0) is 19.7. The van der Waals surface area contributed by atoms with E-state index in [0.29, 0.717) is 12.3 Å². The van der Waals surface area contributed by atoms with Crippen LogP contribution >= 0.6 is 11.3 Å². The Balaban J connectivity index is 1.47. The van der Waals surface area contributed by atoms with Crippen molar-refractivity contribution >= 4 is 28.2 Å². The van der Waals surface area contributed by atoms with Crippen molar-refractivity contribution in [1.82, 2.24) is 10.3 Å². The lowest BCUT2D eigenvalue weighted by Gasteiger charge is -2.05. The van der Waals surface area contributed by atoms with Gasteiger partial charge in [-0.3, -0.25) is 4.79 Å². The molecule has 0 aliphatic heterocycles. The van der Waals surface area contributed by atoms with E-state index in [2.05, 4.69) is 28.7 Å². The first-order valence-electron chi connectivity index (χ1n) is 9.37. The number of rotatable bonds is 5. The number of hydrogen-bond donors (Lipinski definition) is 1. The number of amides is 1. The van der Waals surface area contributed by atoms with Crippen LogP contribution in [0.15, 0.2) is 52.3 Å². The molecule has 4 nitrogen and oxygen atoms in total. The van der Waals surface area contributed by atoms with Gasteiger partial charge in [-0.25, -0.2) is 4.98 Å². The molecule has 2 aromatic heterocycles.